The fraction of sp³-hybridized carbons (Fsp3) is 0.778. The average molecular weight is 183 g/mol. The first-order chi connectivity index (χ1) is 6.24. The van der Waals surface area contributed by atoms with Crippen molar-refractivity contribution in [3.05, 3.63) is 0 Å². The van der Waals surface area contributed by atoms with Crippen molar-refractivity contribution in [1.29, 1.82) is 0 Å². The minimum Gasteiger partial charge on any atom is -0.468 e. The molecule has 13 heavy (non-hydrogen) atoms. The van der Waals surface area contributed by atoms with Crippen LogP contribution in [0.1, 0.15) is 12.8 Å². The fourth-order valence-electron chi connectivity index (χ4n) is 2.22. The Kier molecular flexibility index (Phi) is 2.07. The molecule has 3 aliphatic rings. The number of nitrogens with zero attached hydrogens (tertiary/aromatic N) is 1. The zero-order chi connectivity index (χ0) is 9.42. The number of fused-ring (bicyclic) bond motifs is 3. The molecule has 1 atom stereocenters. The van der Waals surface area contributed by atoms with Crippen LogP contribution in [0.4, 0.5) is 0 Å². The predicted molar refractivity (Wildman–Crippen MR) is 45.1 cm³/mol. The molecule has 0 amide bonds. The lowest BCUT2D eigenvalue weighted by atomic mass is 9.82. The van der Waals surface area contributed by atoms with Crippen molar-refractivity contribution < 1.29 is 14.3 Å². The van der Waals surface area contributed by atoms with E-state index < -0.39 is 12.0 Å². The van der Waals surface area contributed by atoms with Crippen LogP contribution >= 0.6 is 0 Å². The van der Waals surface area contributed by atoms with Crippen molar-refractivity contribution in [1.82, 2.24) is 4.90 Å². The maximum Gasteiger partial charge on any atom is 0.330 e. The molecule has 0 radical (unpaired) electrons. The van der Waals surface area contributed by atoms with Gasteiger partial charge in [0.15, 0.2) is 11.8 Å². The number of ketones is 1. The molecule has 0 spiro atoms. The summed E-state index contributed by atoms with van der Waals surface area (Å²) in [5, 5.41) is 0. The Morgan fingerprint density at radius 2 is 2.08 bits per heavy atom. The number of methoxy groups -OCH3 is 1. The van der Waals surface area contributed by atoms with Gasteiger partial charge in [0.2, 0.25) is 0 Å². The van der Waals surface area contributed by atoms with Gasteiger partial charge in [0.25, 0.3) is 0 Å². The summed E-state index contributed by atoms with van der Waals surface area (Å²) in [6.07, 6.45) is 1.82. The largest absolute Gasteiger partial charge is 0.468 e. The molecule has 4 heteroatoms. The highest BCUT2D eigenvalue weighted by atomic mass is 16.5. The molecule has 3 heterocycles. The van der Waals surface area contributed by atoms with Crippen molar-refractivity contribution in [3.8, 4) is 0 Å². The summed E-state index contributed by atoms with van der Waals surface area (Å²) in [5.74, 6) is -0.229. The van der Waals surface area contributed by atoms with Gasteiger partial charge in [-0.15, -0.1) is 0 Å². The zero-order valence-electron chi connectivity index (χ0n) is 7.66. The first kappa shape index (κ1) is 8.69. The lowest BCUT2D eigenvalue weighted by molar-refractivity contribution is -0.158. The summed E-state index contributed by atoms with van der Waals surface area (Å²) in [4.78, 5) is 24.9. The fourth-order valence-corrected chi connectivity index (χ4v) is 2.22. The van der Waals surface area contributed by atoms with Crippen LogP contribution < -0.4 is 0 Å². The minimum atomic E-state index is -0.600. The second-order valence-corrected chi connectivity index (χ2v) is 3.64. The molecule has 0 aromatic carbocycles. The highest BCUT2D eigenvalue weighted by Gasteiger charge is 2.45. The van der Waals surface area contributed by atoms with Crippen LogP contribution in [0.15, 0.2) is 0 Å². The Balaban J connectivity index is 2.18. The molecule has 3 rings (SSSR count). The summed E-state index contributed by atoms with van der Waals surface area (Å²) in [5.41, 5.74) is 0. The summed E-state index contributed by atoms with van der Waals surface area (Å²) in [6, 6.07) is -0.600. The number of Topliss-reactive ketones (excluding diaryl/α,β-unsaturated/α-hetero) is 1. The highest BCUT2D eigenvalue weighted by molar-refractivity contribution is 6.05. The van der Waals surface area contributed by atoms with Gasteiger partial charge in [0.1, 0.15) is 0 Å². The number of piperidine rings is 3. The molecule has 0 aliphatic carbocycles. The first-order valence-corrected chi connectivity index (χ1v) is 4.59. The molecule has 0 aromatic heterocycles. The molecule has 0 aromatic rings. The summed E-state index contributed by atoms with van der Waals surface area (Å²) in [7, 11) is 1.33. The van der Waals surface area contributed by atoms with Gasteiger partial charge < -0.3 is 4.74 Å². The third kappa shape index (κ3) is 1.25. The molecule has 0 saturated carbocycles. The van der Waals surface area contributed by atoms with E-state index in [0.29, 0.717) is 0 Å². The zero-order valence-corrected chi connectivity index (χ0v) is 7.66. The van der Waals surface area contributed by atoms with Crippen LogP contribution in [0.2, 0.25) is 0 Å². The van der Waals surface area contributed by atoms with Gasteiger partial charge in [-0.2, -0.15) is 0 Å². The number of hydrogen-bond acceptors (Lipinski definition) is 4. The van der Waals surface area contributed by atoms with E-state index in [1.807, 2.05) is 4.90 Å². The number of rotatable bonds is 1. The van der Waals surface area contributed by atoms with E-state index in [9.17, 15) is 9.59 Å². The van der Waals surface area contributed by atoms with Gasteiger partial charge in [0.05, 0.1) is 7.11 Å². The number of carbonyl (C=O) groups is 2. The molecule has 3 aliphatic heterocycles. The topological polar surface area (TPSA) is 46.6 Å². The maximum absolute atomic E-state index is 11.6. The second kappa shape index (κ2) is 3.10. The Morgan fingerprint density at radius 1 is 1.46 bits per heavy atom. The van der Waals surface area contributed by atoms with Crippen LogP contribution in [-0.4, -0.2) is 42.9 Å². The van der Waals surface area contributed by atoms with Gasteiger partial charge in [-0.1, -0.05) is 0 Å². The van der Waals surface area contributed by atoms with Crippen LogP contribution in [0, 0.1) is 5.92 Å². The van der Waals surface area contributed by atoms with Gasteiger partial charge >= 0.3 is 5.97 Å². The van der Waals surface area contributed by atoms with Crippen molar-refractivity contribution in [2.75, 3.05) is 20.2 Å². The normalized spacial score (nSPS) is 37.6. The number of carbonyl (C=O) groups excluding carboxylic acids is 2. The predicted octanol–water partition coefficient (Wildman–Crippen LogP) is -0.177. The molecule has 3 saturated heterocycles. The van der Waals surface area contributed by atoms with Crippen molar-refractivity contribution in [2.24, 2.45) is 5.92 Å². The third-order valence-electron chi connectivity index (χ3n) is 2.99. The molecule has 3 fully saturated rings. The number of hydrogen-bond donors (Lipinski definition) is 0. The summed E-state index contributed by atoms with van der Waals surface area (Å²) in [6.45, 7) is 1.71. The Labute approximate surface area is 76.8 Å². The van der Waals surface area contributed by atoms with E-state index >= 15 is 0 Å². The van der Waals surface area contributed by atoms with Crippen molar-refractivity contribution in [3.63, 3.8) is 0 Å². The van der Waals surface area contributed by atoms with Gasteiger partial charge in [-0.25, -0.2) is 4.79 Å². The molecule has 0 unspecified atom stereocenters. The van der Waals surface area contributed by atoms with Crippen LogP contribution in [0.5, 0.6) is 0 Å². The second-order valence-electron chi connectivity index (χ2n) is 3.64. The number of esters is 1. The van der Waals surface area contributed by atoms with Crippen molar-refractivity contribution in [2.45, 2.75) is 18.9 Å². The Bertz CT molecular complexity index is 243. The van der Waals surface area contributed by atoms with Crippen molar-refractivity contribution >= 4 is 11.8 Å². The minimum absolute atomic E-state index is 0.0596. The monoisotopic (exact) mass is 183 g/mol. The Hall–Kier alpha value is -0.900. The Morgan fingerprint density at radius 3 is 2.54 bits per heavy atom. The van der Waals surface area contributed by atoms with E-state index in [0.717, 1.165) is 25.9 Å². The van der Waals surface area contributed by atoms with Crippen LogP contribution in [0.25, 0.3) is 0 Å². The molecule has 0 N–H and O–H groups in total. The van der Waals surface area contributed by atoms with E-state index in [2.05, 4.69) is 4.74 Å². The van der Waals surface area contributed by atoms with Crippen LogP contribution in [0.3, 0.4) is 0 Å². The lowest BCUT2D eigenvalue weighted by Gasteiger charge is -2.42. The van der Waals surface area contributed by atoms with Gasteiger partial charge in [-0.3, -0.25) is 9.69 Å². The SMILES string of the molecule is COC(=O)[C@@H]1C(=O)C2CCN1CC2. The smallest absolute Gasteiger partial charge is 0.330 e. The van der Waals surface area contributed by atoms with E-state index in [1.165, 1.54) is 7.11 Å². The summed E-state index contributed by atoms with van der Waals surface area (Å²) < 4.78 is 4.61. The summed E-state index contributed by atoms with van der Waals surface area (Å²) >= 11 is 0. The van der Waals surface area contributed by atoms with E-state index in [1.54, 1.807) is 0 Å². The molecule has 72 valence electrons. The maximum atomic E-state index is 11.6. The lowest BCUT2D eigenvalue weighted by Crippen LogP contribution is -2.58. The third-order valence-corrected chi connectivity index (χ3v) is 2.99. The van der Waals surface area contributed by atoms with E-state index in [4.69, 9.17) is 0 Å². The van der Waals surface area contributed by atoms with E-state index in [-0.39, 0.29) is 11.7 Å². The standard InChI is InChI=1S/C9H13NO3/c1-13-9(12)7-8(11)6-2-4-10(7)5-3-6/h6-7H,2-5H2,1H3/t7-/m0/s1. The molecular formula is C9H13NO3. The first-order valence-electron chi connectivity index (χ1n) is 4.59. The van der Waals surface area contributed by atoms with Gasteiger partial charge in [0, 0.05) is 19.0 Å². The molecule has 4 nitrogen and oxygen atoms in total. The number of ether oxygens (including phenoxy) is 1. The van der Waals surface area contributed by atoms with Crippen LogP contribution in [-0.2, 0) is 14.3 Å². The average Bonchev–Trinajstić information content (AvgIpc) is 2.18. The quantitative estimate of drug-likeness (QED) is 0.418. The molecule has 2 bridgehead atoms. The van der Waals surface area contributed by atoms with Gasteiger partial charge in [-0.05, 0) is 12.8 Å². The highest BCUT2D eigenvalue weighted by Crippen LogP contribution is 2.29. The molecular weight excluding hydrogens is 170 g/mol.